The molecule has 3 aliphatic rings. The third-order valence-electron chi connectivity index (χ3n) is 10.7. The van der Waals surface area contributed by atoms with E-state index in [4.69, 9.17) is 4.74 Å². The lowest BCUT2D eigenvalue weighted by atomic mass is 9.73. The molecule has 1 aliphatic carbocycles. The molecule has 0 saturated carbocycles. The summed E-state index contributed by atoms with van der Waals surface area (Å²) in [7, 11) is 0. The summed E-state index contributed by atoms with van der Waals surface area (Å²) in [6.45, 7) is 14.6. The molecular formula is C43H37F4NO5. The quantitative estimate of drug-likeness (QED) is 0.103. The van der Waals surface area contributed by atoms with E-state index in [1.807, 2.05) is 20.8 Å². The molecule has 2 heterocycles. The molecular weight excluding hydrogens is 686 g/mol. The maximum Gasteiger partial charge on any atom is 0.339 e. The van der Waals surface area contributed by atoms with Crippen molar-refractivity contribution in [2.75, 3.05) is 11.4 Å². The fourth-order valence-electron chi connectivity index (χ4n) is 8.34. The second-order valence-corrected chi connectivity index (χ2v) is 15.0. The Morgan fingerprint density at radius 3 is 2.00 bits per heavy atom. The minimum absolute atomic E-state index is 0.149. The number of carbonyl (C=O) groups is 2. The Morgan fingerprint density at radius 1 is 0.736 bits per heavy atom. The number of likely N-dealkylation sites (N-methyl/N-ethyl adjacent to an activating group) is 1. The average molecular weight is 724 g/mol. The lowest BCUT2D eigenvalue weighted by Gasteiger charge is -2.43. The van der Waals surface area contributed by atoms with Crippen molar-refractivity contribution in [1.82, 2.24) is 0 Å². The first kappa shape index (κ1) is 35.7. The Morgan fingerprint density at radius 2 is 1.38 bits per heavy atom. The van der Waals surface area contributed by atoms with Crippen LogP contribution in [-0.4, -0.2) is 34.2 Å². The summed E-state index contributed by atoms with van der Waals surface area (Å²) in [5.41, 5.74) is 2.80. The van der Waals surface area contributed by atoms with Gasteiger partial charge in [-0.1, -0.05) is 38.1 Å². The first-order valence-electron chi connectivity index (χ1n) is 17.2. The first-order valence-corrected chi connectivity index (χ1v) is 17.2. The van der Waals surface area contributed by atoms with Crippen molar-refractivity contribution in [3.05, 3.63) is 133 Å². The average Bonchev–Trinajstić information content (AvgIpc) is 3.08. The van der Waals surface area contributed by atoms with E-state index in [2.05, 4.69) is 44.7 Å². The van der Waals surface area contributed by atoms with Crippen LogP contribution in [0, 0.1) is 28.7 Å². The summed E-state index contributed by atoms with van der Waals surface area (Å²) in [5.74, 6) is -10.8. The van der Waals surface area contributed by atoms with Crippen LogP contribution in [0.15, 0.2) is 60.7 Å². The lowest BCUT2D eigenvalue weighted by molar-refractivity contribution is 0.0681. The molecule has 2 N–H and O–H groups in total. The number of allylic oxidation sites excluding steroid dienone is 3. The number of rotatable bonds is 6. The van der Waals surface area contributed by atoms with Crippen LogP contribution in [-0.2, 0) is 6.42 Å². The molecule has 4 aromatic carbocycles. The van der Waals surface area contributed by atoms with Crippen LogP contribution in [0.2, 0.25) is 0 Å². The zero-order valence-electron chi connectivity index (χ0n) is 30.3. The molecule has 10 heteroatoms. The number of carboxylic acids is 2. The van der Waals surface area contributed by atoms with Gasteiger partial charge in [-0.25, -0.2) is 27.2 Å². The number of halogens is 4. The number of ether oxygens (including phenoxy) is 1. The molecule has 0 bridgehead atoms. The van der Waals surface area contributed by atoms with Crippen LogP contribution in [0.4, 0.5) is 23.2 Å². The molecule has 0 saturated heterocycles. The van der Waals surface area contributed by atoms with Gasteiger partial charge in [-0.15, -0.1) is 0 Å². The van der Waals surface area contributed by atoms with Crippen molar-refractivity contribution in [2.45, 2.75) is 60.4 Å². The number of carboxylic acid groups (broad SMARTS) is 2. The summed E-state index contributed by atoms with van der Waals surface area (Å²) >= 11 is 0. The van der Waals surface area contributed by atoms with Gasteiger partial charge in [0.05, 0.1) is 11.1 Å². The largest absolute Gasteiger partial charge is 0.478 e. The monoisotopic (exact) mass is 723 g/mol. The molecule has 0 atom stereocenters. The number of anilines is 1. The van der Waals surface area contributed by atoms with Crippen LogP contribution in [0.5, 0.6) is 11.5 Å². The molecule has 0 radical (unpaired) electrons. The van der Waals surface area contributed by atoms with Gasteiger partial charge in [0.1, 0.15) is 17.1 Å². The van der Waals surface area contributed by atoms with Gasteiger partial charge in [0, 0.05) is 51.2 Å². The molecule has 0 unspecified atom stereocenters. The summed E-state index contributed by atoms with van der Waals surface area (Å²) < 4.78 is 68.1. The van der Waals surface area contributed by atoms with Gasteiger partial charge in [0.2, 0.25) is 0 Å². The molecule has 6 nitrogen and oxygen atoms in total. The second kappa shape index (κ2) is 12.2. The van der Waals surface area contributed by atoms with Gasteiger partial charge < -0.3 is 19.8 Å². The van der Waals surface area contributed by atoms with Crippen molar-refractivity contribution in [3.8, 4) is 11.5 Å². The van der Waals surface area contributed by atoms with Gasteiger partial charge in [0.25, 0.3) is 0 Å². The standard InChI is InChI=1S/C43H37F4NO5/c1-8-48-30-17-32-28(15-25(30)21(3)19-43(48,6)7)33(34-35(41(51)52)37(45)39(47)38(46)36(34)44)27-14-24-20(2)18-42(4,5)29(26(24)16-31(27)53-32)13-22-9-11-23(12-10-22)40(49)50/h9-12,14-19H,8,13H2,1-7H3,(H,49,50)(H,51,52). The Kier molecular flexibility index (Phi) is 8.24. The molecule has 7 rings (SSSR count). The first-order chi connectivity index (χ1) is 24.9. The third-order valence-corrected chi connectivity index (χ3v) is 10.7. The molecule has 4 aromatic rings. The van der Waals surface area contributed by atoms with Gasteiger partial charge in [-0.05, 0) is 104 Å². The van der Waals surface area contributed by atoms with Gasteiger partial charge in [0.15, 0.2) is 23.3 Å². The number of aromatic carboxylic acids is 2. The number of hydrogen-bond acceptors (Lipinski definition) is 4. The zero-order chi connectivity index (χ0) is 38.5. The molecule has 272 valence electrons. The summed E-state index contributed by atoms with van der Waals surface area (Å²) in [4.78, 5) is 26.2. The van der Waals surface area contributed by atoms with Crippen LogP contribution < -0.4 is 20.1 Å². The molecule has 0 spiro atoms. The van der Waals surface area contributed by atoms with E-state index in [0.717, 1.165) is 38.8 Å². The molecule has 0 fully saturated rings. The Balaban J connectivity index is 1.62. The Bertz CT molecular complexity index is 2510. The number of hydrogen-bond donors (Lipinski definition) is 2. The topological polar surface area (TPSA) is 87.1 Å². The van der Waals surface area contributed by atoms with Crippen molar-refractivity contribution < 1.29 is 42.1 Å². The van der Waals surface area contributed by atoms with Crippen LogP contribution in [0.25, 0.3) is 22.3 Å². The van der Waals surface area contributed by atoms with Gasteiger partial charge >= 0.3 is 11.9 Å². The predicted molar refractivity (Wildman–Crippen MR) is 196 cm³/mol. The summed E-state index contributed by atoms with van der Waals surface area (Å²) in [5, 5.41) is 20.6. The van der Waals surface area contributed by atoms with E-state index in [0.29, 0.717) is 18.5 Å². The smallest absolute Gasteiger partial charge is 0.339 e. The highest BCUT2D eigenvalue weighted by Crippen LogP contribution is 2.48. The van der Waals surface area contributed by atoms with E-state index in [1.165, 1.54) is 12.1 Å². The van der Waals surface area contributed by atoms with Gasteiger partial charge in [-0.2, -0.15) is 0 Å². The second-order valence-electron chi connectivity index (χ2n) is 15.0. The van der Waals surface area contributed by atoms with Crippen molar-refractivity contribution in [1.29, 1.82) is 0 Å². The number of fused-ring (bicyclic) bond motifs is 4. The molecule has 2 aliphatic heterocycles. The van der Waals surface area contributed by atoms with Crippen LogP contribution in [0.3, 0.4) is 0 Å². The maximum absolute atomic E-state index is 16.2. The highest BCUT2D eigenvalue weighted by molar-refractivity contribution is 6.00. The Hall–Kier alpha value is -5.64. The molecule has 0 aromatic heterocycles. The molecule has 0 amide bonds. The van der Waals surface area contributed by atoms with Crippen LogP contribution >= 0.6 is 0 Å². The maximum atomic E-state index is 16.2. The molecule has 53 heavy (non-hydrogen) atoms. The highest BCUT2D eigenvalue weighted by atomic mass is 19.2. The fraction of sp³-hybridized carbons (Fsp3) is 0.256. The van der Waals surface area contributed by atoms with E-state index >= 15 is 13.2 Å². The van der Waals surface area contributed by atoms with Gasteiger partial charge in [-0.3, -0.25) is 0 Å². The predicted octanol–water partition coefficient (Wildman–Crippen LogP) is 8.85. The SMILES string of the molecule is CCN1c2cc3c(cc2C(C)=CC1(C)C)C(c1c(F)c(F)c(F)c(F)c1C(=O)O)=c1cc2c(cc1O3)=C(Cc1ccc(C(=O)O)cc1)C(C)(C)C=C2C. The van der Waals surface area contributed by atoms with E-state index in [9.17, 15) is 24.2 Å². The van der Waals surface area contributed by atoms with E-state index in [1.54, 1.807) is 36.4 Å². The highest BCUT2D eigenvalue weighted by Gasteiger charge is 2.38. The van der Waals surface area contributed by atoms with E-state index in [-0.39, 0.29) is 33.4 Å². The van der Waals surface area contributed by atoms with Crippen molar-refractivity contribution in [3.63, 3.8) is 0 Å². The zero-order valence-corrected chi connectivity index (χ0v) is 30.3. The van der Waals surface area contributed by atoms with Crippen molar-refractivity contribution in [2.24, 2.45) is 5.41 Å². The van der Waals surface area contributed by atoms with E-state index < -0.39 is 57.3 Å². The lowest BCUT2D eigenvalue weighted by Crippen LogP contribution is -2.45. The normalized spacial score (nSPS) is 16.5. The van der Waals surface area contributed by atoms with Crippen LogP contribution in [0.1, 0.15) is 97.0 Å². The number of benzene rings is 4. The fourth-order valence-corrected chi connectivity index (χ4v) is 8.34. The Labute approximate surface area is 303 Å². The minimum atomic E-state index is -2.22. The minimum Gasteiger partial charge on any atom is -0.478 e. The number of nitrogens with zero attached hydrogens (tertiary/aromatic N) is 1. The third kappa shape index (κ3) is 5.54. The van der Waals surface area contributed by atoms with Crippen molar-refractivity contribution >= 4 is 39.9 Å². The summed E-state index contributed by atoms with van der Waals surface area (Å²) in [6.07, 6.45) is 4.56. The summed E-state index contributed by atoms with van der Waals surface area (Å²) in [6, 6.07) is 13.5.